The van der Waals surface area contributed by atoms with Crippen molar-refractivity contribution < 1.29 is 4.79 Å². The molecule has 1 aliphatic heterocycles. The number of anilines is 1. The second kappa shape index (κ2) is 5.94. The Bertz CT molecular complexity index is 552. The number of carbonyl (C=O) groups is 1. The van der Waals surface area contributed by atoms with Gasteiger partial charge in [-0.05, 0) is 57.2 Å². The number of nitriles is 1. The maximum absolute atomic E-state index is 12.1. The van der Waals surface area contributed by atoms with E-state index in [-0.39, 0.29) is 5.91 Å². The van der Waals surface area contributed by atoms with Crippen LogP contribution < -0.4 is 5.32 Å². The molecular formula is C15H19N3OS. The second-order valence-electron chi connectivity index (χ2n) is 5.56. The first-order chi connectivity index (χ1) is 9.78. The summed E-state index contributed by atoms with van der Waals surface area (Å²) in [5.74, 6) is 0.0157. The fourth-order valence-electron chi connectivity index (χ4n) is 3.08. The van der Waals surface area contributed by atoms with Crippen molar-refractivity contribution in [3.63, 3.8) is 0 Å². The summed E-state index contributed by atoms with van der Waals surface area (Å²) in [6.07, 6.45) is 6.75. The van der Waals surface area contributed by atoms with Gasteiger partial charge in [0.2, 0.25) is 5.91 Å². The zero-order valence-corrected chi connectivity index (χ0v) is 12.4. The van der Waals surface area contributed by atoms with Crippen LogP contribution in [0.15, 0.2) is 0 Å². The van der Waals surface area contributed by atoms with Crippen LogP contribution in [0, 0.1) is 11.3 Å². The molecule has 0 radical (unpaired) electrons. The van der Waals surface area contributed by atoms with E-state index < -0.39 is 0 Å². The molecule has 1 aliphatic carbocycles. The number of fused-ring (bicyclic) bond motifs is 1. The predicted molar refractivity (Wildman–Crippen MR) is 80.0 cm³/mol. The lowest BCUT2D eigenvalue weighted by atomic mass is 9.96. The average Bonchev–Trinajstić information content (AvgIpc) is 3.05. The Morgan fingerprint density at radius 1 is 1.25 bits per heavy atom. The molecule has 1 aromatic heterocycles. The number of thiophene rings is 1. The molecule has 1 N–H and O–H groups in total. The Morgan fingerprint density at radius 3 is 2.75 bits per heavy atom. The molecular weight excluding hydrogens is 270 g/mol. The van der Waals surface area contributed by atoms with Crippen molar-refractivity contribution >= 4 is 22.2 Å². The highest BCUT2D eigenvalue weighted by atomic mass is 32.1. The van der Waals surface area contributed by atoms with Gasteiger partial charge in [0.25, 0.3) is 0 Å². The third kappa shape index (κ3) is 2.72. The van der Waals surface area contributed by atoms with Crippen molar-refractivity contribution in [2.45, 2.75) is 38.5 Å². The van der Waals surface area contributed by atoms with E-state index in [0.29, 0.717) is 12.1 Å². The van der Waals surface area contributed by atoms with Gasteiger partial charge < -0.3 is 5.32 Å². The summed E-state index contributed by atoms with van der Waals surface area (Å²) in [7, 11) is 0. The molecule has 106 valence electrons. The van der Waals surface area contributed by atoms with Gasteiger partial charge in [-0.3, -0.25) is 9.69 Å². The van der Waals surface area contributed by atoms with Crippen LogP contribution in [0.4, 0.5) is 5.00 Å². The van der Waals surface area contributed by atoms with E-state index in [1.165, 1.54) is 29.7 Å². The topological polar surface area (TPSA) is 56.1 Å². The van der Waals surface area contributed by atoms with Crippen molar-refractivity contribution in [3.05, 3.63) is 16.0 Å². The number of amides is 1. The van der Waals surface area contributed by atoms with Gasteiger partial charge >= 0.3 is 0 Å². The van der Waals surface area contributed by atoms with Gasteiger partial charge in [-0.2, -0.15) is 5.26 Å². The average molecular weight is 289 g/mol. The Labute approximate surface area is 123 Å². The van der Waals surface area contributed by atoms with E-state index in [4.69, 9.17) is 0 Å². The summed E-state index contributed by atoms with van der Waals surface area (Å²) in [5, 5.41) is 13.1. The van der Waals surface area contributed by atoms with Crippen LogP contribution in [0.2, 0.25) is 0 Å². The summed E-state index contributed by atoms with van der Waals surface area (Å²) in [6, 6.07) is 2.28. The lowest BCUT2D eigenvalue weighted by Gasteiger charge is -2.13. The van der Waals surface area contributed by atoms with Crippen LogP contribution in [-0.4, -0.2) is 30.4 Å². The summed E-state index contributed by atoms with van der Waals surface area (Å²) < 4.78 is 0. The van der Waals surface area contributed by atoms with Gasteiger partial charge in [0.1, 0.15) is 11.1 Å². The van der Waals surface area contributed by atoms with Crippen LogP contribution in [-0.2, 0) is 17.6 Å². The van der Waals surface area contributed by atoms with Crippen molar-refractivity contribution in [2.24, 2.45) is 0 Å². The molecule has 0 saturated carbocycles. The lowest BCUT2D eigenvalue weighted by Crippen LogP contribution is -2.30. The first kappa shape index (κ1) is 13.6. The van der Waals surface area contributed by atoms with Crippen LogP contribution in [0.3, 0.4) is 0 Å². The molecule has 1 fully saturated rings. The van der Waals surface area contributed by atoms with Crippen molar-refractivity contribution in [1.29, 1.82) is 5.26 Å². The summed E-state index contributed by atoms with van der Waals surface area (Å²) in [5.41, 5.74) is 1.89. The fraction of sp³-hybridized carbons (Fsp3) is 0.600. The highest BCUT2D eigenvalue weighted by Gasteiger charge is 2.22. The molecule has 2 heterocycles. The van der Waals surface area contributed by atoms with E-state index in [2.05, 4.69) is 16.3 Å². The smallest absolute Gasteiger partial charge is 0.239 e. The molecule has 0 spiro atoms. The molecule has 1 amide bonds. The quantitative estimate of drug-likeness (QED) is 0.930. The number of hydrogen-bond acceptors (Lipinski definition) is 4. The largest absolute Gasteiger partial charge is 0.315 e. The van der Waals surface area contributed by atoms with Crippen molar-refractivity contribution in [3.8, 4) is 6.07 Å². The number of hydrogen-bond donors (Lipinski definition) is 1. The third-order valence-corrected chi connectivity index (χ3v) is 5.31. The van der Waals surface area contributed by atoms with Crippen molar-refractivity contribution in [1.82, 2.24) is 4.90 Å². The Balaban J connectivity index is 1.72. The molecule has 4 nitrogen and oxygen atoms in total. The molecule has 3 rings (SSSR count). The molecule has 5 heteroatoms. The van der Waals surface area contributed by atoms with E-state index in [1.54, 1.807) is 11.3 Å². The predicted octanol–water partition coefficient (Wildman–Crippen LogP) is 2.53. The Kier molecular flexibility index (Phi) is 4.04. The molecule has 2 aliphatic rings. The van der Waals surface area contributed by atoms with Gasteiger partial charge in [-0.1, -0.05) is 0 Å². The highest BCUT2D eigenvalue weighted by molar-refractivity contribution is 7.16. The van der Waals surface area contributed by atoms with Gasteiger partial charge in [-0.15, -0.1) is 11.3 Å². The molecule has 20 heavy (non-hydrogen) atoms. The normalized spacial score (nSPS) is 18.6. The summed E-state index contributed by atoms with van der Waals surface area (Å²) in [4.78, 5) is 15.6. The summed E-state index contributed by atoms with van der Waals surface area (Å²) in [6.45, 7) is 2.48. The minimum atomic E-state index is 0.0157. The minimum absolute atomic E-state index is 0.0157. The Hall–Kier alpha value is -1.38. The van der Waals surface area contributed by atoms with Crippen LogP contribution >= 0.6 is 11.3 Å². The van der Waals surface area contributed by atoms with Crippen LogP contribution in [0.5, 0.6) is 0 Å². The number of rotatable bonds is 3. The molecule has 1 saturated heterocycles. The van der Waals surface area contributed by atoms with Gasteiger partial charge in [0.05, 0.1) is 12.1 Å². The van der Waals surface area contributed by atoms with Gasteiger partial charge in [-0.25, -0.2) is 0 Å². The Morgan fingerprint density at radius 2 is 2.00 bits per heavy atom. The monoisotopic (exact) mass is 289 g/mol. The van der Waals surface area contributed by atoms with Crippen molar-refractivity contribution in [2.75, 3.05) is 25.0 Å². The highest BCUT2D eigenvalue weighted by Crippen LogP contribution is 2.37. The van der Waals surface area contributed by atoms with E-state index in [0.717, 1.165) is 37.4 Å². The number of likely N-dealkylation sites (tertiary alicyclic amines) is 1. The maximum atomic E-state index is 12.1. The minimum Gasteiger partial charge on any atom is -0.315 e. The van der Waals surface area contributed by atoms with E-state index in [1.807, 2.05) is 0 Å². The fourth-order valence-corrected chi connectivity index (χ4v) is 4.34. The molecule has 0 bridgehead atoms. The second-order valence-corrected chi connectivity index (χ2v) is 6.66. The van der Waals surface area contributed by atoms with E-state index >= 15 is 0 Å². The van der Waals surface area contributed by atoms with Gasteiger partial charge in [0, 0.05) is 4.88 Å². The molecule has 0 unspecified atom stereocenters. The SMILES string of the molecule is N#Cc1c(NC(=O)CN2CCCC2)sc2c1CCCC2. The first-order valence-electron chi connectivity index (χ1n) is 7.35. The first-order valence-corrected chi connectivity index (χ1v) is 8.16. The third-order valence-electron chi connectivity index (χ3n) is 4.10. The molecule has 1 aromatic rings. The standard InChI is InChI=1S/C15H19N3OS/c16-9-12-11-5-1-2-6-13(11)20-15(12)17-14(19)10-18-7-3-4-8-18/h1-8,10H2,(H,17,19). The van der Waals surface area contributed by atoms with E-state index in [9.17, 15) is 10.1 Å². The lowest BCUT2D eigenvalue weighted by molar-refractivity contribution is -0.117. The number of aryl methyl sites for hydroxylation is 1. The zero-order chi connectivity index (χ0) is 13.9. The van der Waals surface area contributed by atoms with Gasteiger partial charge in [0.15, 0.2) is 0 Å². The number of nitrogens with one attached hydrogen (secondary N) is 1. The van der Waals surface area contributed by atoms with Crippen LogP contribution in [0.25, 0.3) is 0 Å². The van der Waals surface area contributed by atoms with Crippen LogP contribution in [0.1, 0.15) is 41.7 Å². The number of nitrogens with zero attached hydrogens (tertiary/aromatic N) is 2. The summed E-state index contributed by atoms with van der Waals surface area (Å²) >= 11 is 1.60. The maximum Gasteiger partial charge on any atom is 0.239 e. The molecule has 0 aromatic carbocycles. The number of carbonyl (C=O) groups excluding carboxylic acids is 1. The molecule has 0 atom stereocenters. The zero-order valence-electron chi connectivity index (χ0n) is 11.6.